The number of carbonyl (C=O) groups excluding carboxylic acids is 2. The standard InChI is InChI=1S/C22H26N4O3/c1-14-11-18-19(12-15(14)2)25-22(28)20(24-18)13-21(27)23-16-3-5-17(6-4-16)26-7-9-29-10-8-26/h3-6,11-12,20,24H,7-10,13H2,1-2H3,(H,23,27)(H,25,28)/t20-/m1/s1. The third-order valence-electron chi connectivity index (χ3n) is 5.45. The number of hydrogen-bond donors (Lipinski definition) is 3. The SMILES string of the molecule is Cc1cc2c(cc1C)N[C@H](CC(=O)Nc1ccc(N3CCOCC3)cc1)C(=O)N2. The summed E-state index contributed by atoms with van der Waals surface area (Å²) in [5.74, 6) is -0.400. The summed E-state index contributed by atoms with van der Waals surface area (Å²) in [5, 5.41) is 8.97. The van der Waals surface area contributed by atoms with Crippen LogP contribution < -0.4 is 20.9 Å². The number of aryl methyl sites for hydroxylation is 2. The first-order valence-electron chi connectivity index (χ1n) is 9.91. The van der Waals surface area contributed by atoms with Crippen molar-refractivity contribution in [3.05, 3.63) is 47.5 Å². The zero-order chi connectivity index (χ0) is 20.4. The molecule has 29 heavy (non-hydrogen) atoms. The molecule has 0 spiro atoms. The van der Waals surface area contributed by atoms with Crippen molar-refractivity contribution in [3.8, 4) is 0 Å². The molecule has 0 unspecified atom stereocenters. The van der Waals surface area contributed by atoms with Crippen molar-refractivity contribution in [2.75, 3.05) is 47.2 Å². The Morgan fingerprint density at radius 3 is 2.45 bits per heavy atom. The Kier molecular flexibility index (Phi) is 5.40. The minimum atomic E-state index is -0.600. The summed E-state index contributed by atoms with van der Waals surface area (Å²) in [7, 11) is 0. The predicted molar refractivity (Wildman–Crippen MR) is 115 cm³/mol. The summed E-state index contributed by atoms with van der Waals surface area (Å²) in [5.41, 5.74) is 5.68. The van der Waals surface area contributed by atoms with E-state index in [1.54, 1.807) is 0 Å². The molecule has 7 heteroatoms. The first-order valence-corrected chi connectivity index (χ1v) is 9.91. The number of ether oxygens (including phenoxy) is 1. The van der Waals surface area contributed by atoms with Gasteiger partial charge in [-0.3, -0.25) is 9.59 Å². The van der Waals surface area contributed by atoms with E-state index in [0.29, 0.717) is 0 Å². The lowest BCUT2D eigenvalue weighted by atomic mass is 10.0. The molecule has 7 nitrogen and oxygen atoms in total. The fraction of sp³-hybridized carbons (Fsp3) is 0.364. The number of nitrogens with zero attached hydrogens (tertiary/aromatic N) is 1. The first kappa shape index (κ1) is 19.3. The highest BCUT2D eigenvalue weighted by Gasteiger charge is 2.28. The highest BCUT2D eigenvalue weighted by Crippen LogP contribution is 2.30. The van der Waals surface area contributed by atoms with Crippen LogP contribution in [0.2, 0.25) is 0 Å². The van der Waals surface area contributed by atoms with Crippen LogP contribution >= 0.6 is 0 Å². The van der Waals surface area contributed by atoms with E-state index < -0.39 is 6.04 Å². The van der Waals surface area contributed by atoms with E-state index in [1.165, 1.54) is 0 Å². The summed E-state index contributed by atoms with van der Waals surface area (Å²) in [4.78, 5) is 27.1. The number of anilines is 4. The maximum absolute atomic E-state index is 12.5. The molecule has 2 aromatic carbocycles. The molecule has 3 N–H and O–H groups in total. The van der Waals surface area contributed by atoms with Crippen LogP contribution in [0.3, 0.4) is 0 Å². The summed E-state index contributed by atoms with van der Waals surface area (Å²) in [6.07, 6.45) is 0.0589. The van der Waals surface area contributed by atoms with Gasteiger partial charge in [-0.05, 0) is 61.4 Å². The second kappa shape index (κ2) is 8.13. The van der Waals surface area contributed by atoms with E-state index >= 15 is 0 Å². The van der Waals surface area contributed by atoms with Gasteiger partial charge in [-0.1, -0.05) is 0 Å². The molecule has 2 heterocycles. The molecule has 1 fully saturated rings. The van der Waals surface area contributed by atoms with Gasteiger partial charge < -0.3 is 25.6 Å². The van der Waals surface area contributed by atoms with E-state index in [1.807, 2.05) is 50.2 Å². The Hall–Kier alpha value is -3.06. The summed E-state index contributed by atoms with van der Waals surface area (Å²) >= 11 is 0. The molecule has 1 saturated heterocycles. The third kappa shape index (κ3) is 4.35. The topological polar surface area (TPSA) is 82.7 Å². The van der Waals surface area contributed by atoms with Crippen LogP contribution in [0, 0.1) is 13.8 Å². The van der Waals surface area contributed by atoms with Crippen LogP contribution in [-0.2, 0) is 14.3 Å². The normalized spacial score (nSPS) is 18.5. The Morgan fingerprint density at radius 2 is 1.76 bits per heavy atom. The van der Waals surface area contributed by atoms with Gasteiger partial charge in [0, 0.05) is 24.5 Å². The average molecular weight is 394 g/mol. The van der Waals surface area contributed by atoms with Gasteiger partial charge in [0.25, 0.3) is 0 Å². The molecule has 2 aromatic rings. The number of carbonyl (C=O) groups is 2. The van der Waals surface area contributed by atoms with E-state index in [0.717, 1.165) is 60.2 Å². The number of rotatable bonds is 4. The van der Waals surface area contributed by atoms with Gasteiger partial charge >= 0.3 is 0 Å². The highest BCUT2D eigenvalue weighted by molar-refractivity contribution is 6.06. The van der Waals surface area contributed by atoms with Gasteiger partial charge in [0.05, 0.1) is 31.0 Å². The van der Waals surface area contributed by atoms with E-state index in [-0.39, 0.29) is 18.2 Å². The van der Waals surface area contributed by atoms with Crippen LogP contribution in [0.4, 0.5) is 22.7 Å². The van der Waals surface area contributed by atoms with Gasteiger partial charge in [0.2, 0.25) is 11.8 Å². The van der Waals surface area contributed by atoms with Crippen LogP contribution in [0.1, 0.15) is 17.5 Å². The van der Waals surface area contributed by atoms with Crippen LogP contribution in [0.15, 0.2) is 36.4 Å². The van der Waals surface area contributed by atoms with E-state index in [9.17, 15) is 9.59 Å². The molecule has 1 atom stereocenters. The lowest BCUT2D eigenvalue weighted by Crippen LogP contribution is -2.41. The Morgan fingerprint density at radius 1 is 1.10 bits per heavy atom. The molecule has 4 rings (SSSR count). The van der Waals surface area contributed by atoms with Crippen molar-refractivity contribution >= 4 is 34.6 Å². The minimum Gasteiger partial charge on any atom is -0.378 e. The molecule has 0 aromatic heterocycles. The maximum Gasteiger partial charge on any atom is 0.247 e. The molecule has 0 bridgehead atoms. The minimum absolute atomic E-state index is 0.0589. The largest absolute Gasteiger partial charge is 0.378 e. The Balaban J connectivity index is 1.36. The summed E-state index contributed by atoms with van der Waals surface area (Å²) in [6, 6.07) is 11.1. The molecule has 0 radical (unpaired) electrons. The zero-order valence-electron chi connectivity index (χ0n) is 16.7. The van der Waals surface area contributed by atoms with E-state index in [4.69, 9.17) is 4.74 Å². The number of benzene rings is 2. The van der Waals surface area contributed by atoms with Gasteiger partial charge in [0.1, 0.15) is 6.04 Å². The lowest BCUT2D eigenvalue weighted by Gasteiger charge is -2.29. The molecule has 152 valence electrons. The number of morpholine rings is 1. The molecular formula is C22H26N4O3. The summed E-state index contributed by atoms with van der Waals surface area (Å²) in [6.45, 7) is 7.24. The Bertz CT molecular complexity index is 920. The van der Waals surface area contributed by atoms with Crippen molar-refractivity contribution in [2.45, 2.75) is 26.3 Å². The van der Waals surface area contributed by atoms with Gasteiger partial charge in [-0.2, -0.15) is 0 Å². The molecule has 2 amide bonds. The van der Waals surface area contributed by atoms with Gasteiger partial charge in [-0.25, -0.2) is 0 Å². The predicted octanol–water partition coefficient (Wildman–Crippen LogP) is 2.90. The molecular weight excluding hydrogens is 368 g/mol. The van der Waals surface area contributed by atoms with Crippen molar-refractivity contribution in [1.82, 2.24) is 0 Å². The molecule has 0 saturated carbocycles. The van der Waals surface area contributed by atoms with Crippen LogP contribution in [0.5, 0.6) is 0 Å². The maximum atomic E-state index is 12.5. The number of hydrogen-bond acceptors (Lipinski definition) is 5. The van der Waals surface area contributed by atoms with Crippen molar-refractivity contribution in [1.29, 1.82) is 0 Å². The van der Waals surface area contributed by atoms with Crippen molar-refractivity contribution < 1.29 is 14.3 Å². The number of nitrogens with one attached hydrogen (secondary N) is 3. The molecule has 0 aliphatic carbocycles. The zero-order valence-corrected chi connectivity index (χ0v) is 16.7. The fourth-order valence-corrected chi connectivity index (χ4v) is 3.63. The first-order chi connectivity index (χ1) is 14.0. The number of fused-ring (bicyclic) bond motifs is 1. The highest BCUT2D eigenvalue weighted by atomic mass is 16.5. The second-order valence-corrected chi connectivity index (χ2v) is 7.57. The average Bonchev–Trinajstić information content (AvgIpc) is 2.71. The summed E-state index contributed by atoms with van der Waals surface area (Å²) < 4.78 is 5.38. The van der Waals surface area contributed by atoms with Crippen LogP contribution in [-0.4, -0.2) is 44.2 Å². The molecule has 2 aliphatic rings. The Labute approximate surface area is 170 Å². The number of amides is 2. The van der Waals surface area contributed by atoms with Gasteiger partial charge in [-0.15, -0.1) is 0 Å². The fourth-order valence-electron chi connectivity index (χ4n) is 3.63. The second-order valence-electron chi connectivity index (χ2n) is 7.57. The van der Waals surface area contributed by atoms with E-state index in [2.05, 4.69) is 20.9 Å². The lowest BCUT2D eigenvalue weighted by molar-refractivity contribution is -0.122. The van der Waals surface area contributed by atoms with Crippen LogP contribution in [0.25, 0.3) is 0 Å². The van der Waals surface area contributed by atoms with Gasteiger partial charge in [0.15, 0.2) is 0 Å². The monoisotopic (exact) mass is 394 g/mol. The van der Waals surface area contributed by atoms with Crippen molar-refractivity contribution in [2.24, 2.45) is 0 Å². The smallest absolute Gasteiger partial charge is 0.247 e. The quantitative estimate of drug-likeness (QED) is 0.743. The molecule has 2 aliphatic heterocycles. The third-order valence-corrected chi connectivity index (χ3v) is 5.45. The van der Waals surface area contributed by atoms with Crippen molar-refractivity contribution in [3.63, 3.8) is 0 Å².